The van der Waals surface area contributed by atoms with Gasteiger partial charge in [-0.3, -0.25) is 0 Å². The van der Waals surface area contributed by atoms with Crippen LogP contribution in [0, 0.1) is 6.92 Å². The van der Waals surface area contributed by atoms with E-state index < -0.39 is 0 Å². The van der Waals surface area contributed by atoms with Crippen LogP contribution >= 0.6 is 11.3 Å². The SMILES string of the molecule is Cc1ccc(-c2cc(-c3nc(-c4ccccc4)nc(-c4ccccc4)n3)ccc2-n2c3ccccc3c3ccc4sc5ccccc5c4c32)cc1. The molecule has 7 aromatic carbocycles. The van der Waals surface area contributed by atoms with Gasteiger partial charge in [0.1, 0.15) is 0 Å². The summed E-state index contributed by atoms with van der Waals surface area (Å²) >= 11 is 1.86. The maximum atomic E-state index is 5.08. The van der Waals surface area contributed by atoms with E-state index in [-0.39, 0.29) is 0 Å². The average Bonchev–Trinajstić information content (AvgIpc) is 3.74. The molecule has 0 aliphatic rings. The molecule has 5 heteroatoms. The van der Waals surface area contributed by atoms with Gasteiger partial charge < -0.3 is 4.57 Å². The molecule has 0 unspecified atom stereocenters. The minimum Gasteiger partial charge on any atom is -0.308 e. The summed E-state index contributed by atoms with van der Waals surface area (Å²) < 4.78 is 5.06. The number of rotatable bonds is 5. The Bertz CT molecular complexity index is 2850. The van der Waals surface area contributed by atoms with Gasteiger partial charge in [0.15, 0.2) is 17.5 Å². The van der Waals surface area contributed by atoms with Crippen LogP contribution in [-0.4, -0.2) is 19.5 Å². The highest BCUT2D eigenvalue weighted by Crippen LogP contribution is 2.44. The van der Waals surface area contributed by atoms with Crippen LogP contribution in [-0.2, 0) is 0 Å². The number of thiophene rings is 1. The lowest BCUT2D eigenvalue weighted by Crippen LogP contribution is -2.02. The molecule has 0 aliphatic heterocycles. The second-order valence-electron chi connectivity index (χ2n) is 12.9. The van der Waals surface area contributed by atoms with Crippen LogP contribution in [0.3, 0.4) is 0 Å². The summed E-state index contributed by atoms with van der Waals surface area (Å²) in [7, 11) is 0. The van der Waals surface area contributed by atoms with Gasteiger partial charge in [0.05, 0.1) is 16.7 Å². The van der Waals surface area contributed by atoms with Gasteiger partial charge in [0, 0.05) is 53.2 Å². The van der Waals surface area contributed by atoms with Gasteiger partial charge in [-0.25, -0.2) is 15.0 Å². The molecule has 3 heterocycles. The average molecular weight is 671 g/mol. The third-order valence-electron chi connectivity index (χ3n) is 9.73. The van der Waals surface area contributed by atoms with Crippen LogP contribution in [0.2, 0.25) is 0 Å². The largest absolute Gasteiger partial charge is 0.308 e. The van der Waals surface area contributed by atoms with E-state index in [0.29, 0.717) is 17.5 Å². The number of aryl methyl sites for hydroxylation is 1. The Morgan fingerprint density at radius 2 is 1.04 bits per heavy atom. The molecular formula is C46H30N4S. The normalized spacial score (nSPS) is 11.6. The third-order valence-corrected chi connectivity index (χ3v) is 10.9. The fraction of sp³-hybridized carbons (Fsp3) is 0.0217. The van der Waals surface area contributed by atoms with Crippen LogP contribution in [0.1, 0.15) is 5.56 Å². The number of para-hydroxylation sites is 1. The molecule has 0 saturated carbocycles. The zero-order valence-corrected chi connectivity index (χ0v) is 28.6. The Hall–Kier alpha value is -6.43. The monoisotopic (exact) mass is 670 g/mol. The molecule has 0 atom stereocenters. The summed E-state index contributed by atoms with van der Waals surface area (Å²) in [5.41, 5.74) is 9.80. The molecule has 51 heavy (non-hydrogen) atoms. The molecule has 0 fully saturated rings. The van der Waals surface area contributed by atoms with Crippen molar-refractivity contribution in [1.82, 2.24) is 19.5 Å². The van der Waals surface area contributed by atoms with Crippen molar-refractivity contribution in [2.45, 2.75) is 6.92 Å². The second kappa shape index (κ2) is 11.9. The highest BCUT2D eigenvalue weighted by Gasteiger charge is 2.21. The van der Waals surface area contributed by atoms with E-state index in [1.165, 1.54) is 47.5 Å². The van der Waals surface area contributed by atoms with Gasteiger partial charge in [-0.1, -0.05) is 133 Å². The summed E-state index contributed by atoms with van der Waals surface area (Å²) in [4.78, 5) is 15.1. The Labute approximate surface area is 299 Å². The number of fused-ring (bicyclic) bond motifs is 7. The number of aromatic nitrogens is 4. The first-order chi connectivity index (χ1) is 25.2. The van der Waals surface area contributed by atoms with Crippen molar-refractivity contribution in [3.8, 4) is 51.0 Å². The zero-order chi connectivity index (χ0) is 33.9. The second-order valence-corrected chi connectivity index (χ2v) is 14.0. The molecule has 0 saturated heterocycles. The highest BCUT2D eigenvalue weighted by molar-refractivity contribution is 7.26. The van der Waals surface area contributed by atoms with Crippen LogP contribution in [0.5, 0.6) is 0 Å². The van der Waals surface area contributed by atoms with Crippen molar-refractivity contribution >= 4 is 53.3 Å². The topological polar surface area (TPSA) is 43.6 Å². The van der Waals surface area contributed by atoms with Crippen LogP contribution in [0.15, 0.2) is 164 Å². The molecule has 0 aliphatic carbocycles. The molecule has 0 N–H and O–H groups in total. The van der Waals surface area contributed by atoms with Crippen molar-refractivity contribution < 1.29 is 0 Å². The van der Waals surface area contributed by atoms with E-state index >= 15 is 0 Å². The fourth-order valence-electron chi connectivity index (χ4n) is 7.29. The molecule has 0 radical (unpaired) electrons. The van der Waals surface area contributed by atoms with Crippen LogP contribution < -0.4 is 0 Å². The van der Waals surface area contributed by atoms with E-state index in [1.54, 1.807) is 0 Å². The minimum absolute atomic E-state index is 0.635. The first-order valence-electron chi connectivity index (χ1n) is 17.1. The minimum atomic E-state index is 0.635. The number of hydrogen-bond donors (Lipinski definition) is 0. The van der Waals surface area contributed by atoms with E-state index in [4.69, 9.17) is 15.0 Å². The molecule has 0 bridgehead atoms. The highest BCUT2D eigenvalue weighted by atomic mass is 32.1. The maximum absolute atomic E-state index is 5.08. The summed E-state index contributed by atoms with van der Waals surface area (Å²) in [5, 5.41) is 5.06. The Morgan fingerprint density at radius 3 is 1.75 bits per heavy atom. The van der Waals surface area contributed by atoms with Crippen LogP contribution in [0.4, 0.5) is 0 Å². The summed E-state index contributed by atoms with van der Waals surface area (Å²) in [6.07, 6.45) is 0. The molecule has 240 valence electrons. The van der Waals surface area contributed by atoms with E-state index in [9.17, 15) is 0 Å². The van der Waals surface area contributed by atoms with Crippen molar-refractivity contribution in [2.75, 3.05) is 0 Å². The summed E-state index contributed by atoms with van der Waals surface area (Å²) in [6, 6.07) is 57.9. The predicted molar refractivity (Wildman–Crippen MR) is 214 cm³/mol. The predicted octanol–water partition coefficient (Wildman–Crippen LogP) is 12.3. The molecule has 10 rings (SSSR count). The maximum Gasteiger partial charge on any atom is 0.164 e. The quantitative estimate of drug-likeness (QED) is 0.183. The molecular weight excluding hydrogens is 641 g/mol. The van der Waals surface area contributed by atoms with Crippen molar-refractivity contribution in [3.63, 3.8) is 0 Å². The van der Waals surface area contributed by atoms with Crippen molar-refractivity contribution in [2.24, 2.45) is 0 Å². The van der Waals surface area contributed by atoms with Crippen molar-refractivity contribution in [3.05, 3.63) is 169 Å². The number of hydrogen-bond acceptors (Lipinski definition) is 4. The number of nitrogens with zero attached hydrogens (tertiary/aromatic N) is 4. The number of benzene rings is 7. The molecule has 3 aromatic heterocycles. The van der Waals surface area contributed by atoms with E-state index in [1.807, 2.05) is 72.0 Å². The molecule has 0 amide bonds. The first kappa shape index (κ1) is 29.5. The smallest absolute Gasteiger partial charge is 0.164 e. The zero-order valence-electron chi connectivity index (χ0n) is 27.8. The lowest BCUT2D eigenvalue weighted by Gasteiger charge is -2.17. The lowest BCUT2D eigenvalue weighted by atomic mass is 9.99. The van der Waals surface area contributed by atoms with E-state index in [0.717, 1.165) is 33.5 Å². The first-order valence-corrected chi connectivity index (χ1v) is 17.9. The van der Waals surface area contributed by atoms with Gasteiger partial charge in [0.2, 0.25) is 0 Å². The fourth-order valence-corrected chi connectivity index (χ4v) is 8.40. The van der Waals surface area contributed by atoms with Crippen molar-refractivity contribution in [1.29, 1.82) is 0 Å². The third kappa shape index (κ3) is 4.93. The van der Waals surface area contributed by atoms with Gasteiger partial charge >= 0.3 is 0 Å². The van der Waals surface area contributed by atoms with Gasteiger partial charge in [-0.2, -0.15) is 0 Å². The Kier molecular flexibility index (Phi) is 6.86. The molecule has 0 spiro atoms. The van der Waals surface area contributed by atoms with Crippen LogP contribution in [0.25, 0.3) is 93.0 Å². The Morgan fingerprint density at radius 1 is 0.451 bits per heavy atom. The van der Waals surface area contributed by atoms with E-state index in [2.05, 4.69) is 115 Å². The standard InChI is InChI=1S/C46H30N4S/c1-29-20-22-30(23-21-29)37-28-33(46-48-44(31-12-4-2-5-13-31)47-45(49-46)32-14-6-3-7-15-32)24-26-39(37)50-38-18-10-8-16-34(38)35-25-27-41-42(43(35)50)36-17-9-11-19-40(36)51-41/h2-28H,1H3. The lowest BCUT2D eigenvalue weighted by molar-refractivity contribution is 1.07. The summed E-state index contributed by atoms with van der Waals surface area (Å²) in [6.45, 7) is 2.13. The van der Waals surface area contributed by atoms with Gasteiger partial charge in [-0.15, -0.1) is 11.3 Å². The Balaban J connectivity index is 1.28. The molecule has 4 nitrogen and oxygen atoms in total. The van der Waals surface area contributed by atoms with Gasteiger partial charge in [0.25, 0.3) is 0 Å². The molecule has 10 aromatic rings. The summed E-state index contributed by atoms with van der Waals surface area (Å²) in [5.74, 6) is 1.93. The van der Waals surface area contributed by atoms with Gasteiger partial charge in [-0.05, 0) is 48.9 Å².